The van der Waals surface area contributed by atoms with Gasteiger partial charge in [0, 0.05) is 0 Å². The van der Waals surface area contributed by atoms with Gasteiger partial charge in [0.25, 0.3) is 0 Å². The standard InChI is InChI=1S/C23H43NO5/c1-4-7-9-11-13-21(26)18-24(15-16-25,17-20(6-3)23(28)29)19-22(27)14-12-10-8-5-2/h7-10,20-22,25-27H,4-6,11-19H2,1-3H3/p+1/b9-7+,10-8+. The maximum atomic E-state index is 11.7. The first-order valence-electron chi connectivity index (χ1n) is 11.2. The highest BCUT2D eigenvalue weighted by Gasteiger charge is 2.36. The molecule has 6 heteroatoms. The summed E-state index contributed by atoms with van der Waals surface area (Å²) in [7, 11) is 0. The number of allylic oxidation sites excluding steroid dienone is 4. The van der Waals surface area contributed by atoms with Crippen molar-refractivity contribution in [2.75, 3.05) is 32.8 Å². The number of quaternary nitrogens is 1. The van der Waals surface area contributed by atoms with Gasteiger partial charge in [0.1, 0.15) is 37.8 Å². The first-order valence-corrected chi connectivity index (χ1v) is 11.2. The van der Waals surface area contributed by atoms with Gasteiger partial charge in [0.15, 0.2) is 0 Å². The van der Waals surface area contributed by atoms with Gasteiger partial charge in [-0.05, 0) is 44.9 Å². The number of carbonyl (C=O) groups is 1. The molecule has 0 aliphatic heterocycles. The van der Waals surface area contributed by atoms with Gasteiger partial charge in [-0.15, -0.1) is 0 Å². The minimum Gasteiger partial charge on any atom is -0.481 e. The van der Waals surface area contributed by atoms with Crippen molar-refractivity contribution < 1.29 is 29.7 Å². The highest BCUT2D eigenvalue weighted by atomic mass is 16.4. The molecule has 0 saturated heterocycles. The summed E-state index contributed by atoms with van der Waals surface area (Å²) in [5.74, 6) is -1.44. The number of hydrogen-bond acceptors (Lipinski definition) is 4. The first-order chi connectivity index (χ1) is 13.8. The lowest BCUT2D eigenvalue weighted by Gasteiger charge is -2.42. The van der Waals surface area contributed by atoms with Gasteiger partial charge in [-0.1, -0.05) is 45.1 Å². The highest BCUT2D eigenvalue weighted by molar-refractivity contribution is 5.69. The van der Waals surface area contributed by atoms with Crippen molar-refractivity contribution in [1.29, 1.82) is 0 Å². The Morgan fingerprint density at radius 2 is 1.34 bits per heavy atom. The molecule has 4 N–H and O–H groups in total. The van der Waals surface area contributed by atoms with Crippen LogP contribution in [0.4, 0.5) is 0 Å². The van der Waals surface area contributed by atoms with Crippen molar-refractivity contribution in [2.24, 2.45) is 5.92 Å². The van der Waals surface area contributed by atoms with Gasteiger partial charge >= 0.3 is 5.97 Å². The monoisotopic (exact) mass is 414 g/mol. The largest absolute Gasteiger partial charge is 0.481 e. The molecule has 0 spiro atoms. The molecular weight excluding hydrogens is 370 g/mol. The van der Waals surface area contributed by atoms with Crippen LogP contribution >= 0.6 is 0 Å². The van der Waals surface area contributed by atoms with Crippen molar-refractivity contribution in [2.45, 2.75) is 77.9 Å². The van der Waals surface area contributed by atoms with Gasteiger partial charge < -0.3 is 24.9 Å². The second-order valence-corrected chi connectivity index (χ2v) is 8.00. The third-order valence-corrected chi connectivity index (χ3v) is 5.36. The van der Waals surface area contributed by atoms with Gasteiger partial charge in [-0.3, -0.25) is 4.79 Å². The molecule has 0 bridgehead atoms. The molecule has 0 aromatic carbocycles. The van der Waals surface area contributed by atoms with Crippen LogP contribution in [0, 0.1) is 5.92 Å². The van der Waals surface area contributed by atoms with E-state index in [1.165, 1.54) is 0 Å². The number of carboxylic acids is 1. The van der Waals surface area contributed by atoms with E-state index >= 15 is 0 Å². The molecule has 0 rings (SSSR count). The molecule has 0 fully saturated rings. The van der Waals surface area contributed by atoms with Gasteiger partial charge in [-0.2, -0.15) is 0 Å². The first kappa shape index (κ1) is 27.8. The number of hydrogen-bond donors (Lipinski definition) is 4. The molecule has 0 amide bonds. The van der Waals surface area contributed by atoms with Gasteiger partial charge in [-0.25, -0.2) is 0 Å². The Labute approximate surface area is 177 Å². The van der Waals surface area contributed by atoms with Crippen LogP contribution in [-0.4, -0.2) is 75.9 Å². The normalized spacial score (nSPS) is 17.4. The molecule has 0 saturated carbocycles. The van der Waals surface area contributed by atoms with Crippen LogP contribution in [0.15, 0.2) is 24.3 Å². The Morgan fingerprint density at radius 3 is 1.69 bits per heavy atom. The maximum Gasteiger partial charge on any atom is 0.312 e. The van der Waals surface area contributed by atoms with E-state index in [2.05, 4.69) is 26.0 Å². The summed E-state index contributed by atoms with van der Waals surface area (Å²) in [6.07, 6.45) is 12.1. The molecule has 6 nitrogen and oxygen atoms in total. The fourth-order valence-electron chi connectivity index (χ4n) is 3.78. The van der Waals surface area contributed by atoms with E-state index in [1.54, 1.807) is 0 Å². The average molecular weight is 415 g/mol. The predicted octanol–water partition coefficient (Wildman–Crippen LogP) is 3.12. The molecule has 0 aromatic rings. The highest BCUT2D eigenvalue weighted by Crippen LogP contribution is 2.20. The van der Waals surface area contributed by atoms with E-state index in [-0.39, 0.29) is 11.1 Å². The molecule has 0 aromatic heterocycles. The van der Waals surface area contributed by atoms with Gasteiger partial charge in [0.2, 0.25) is 0 Å². The Morgan fingerprint density at radius 1 is 0.862 bits per heavy atom. The van der Waals surface area contributed by atoms with E-state index in [0.717, 1.165) is 25.7 Å². The second kappa shape index (κ2) is 16.6. The van der Waals surface area contributed by atoms with Crippen LogP contribution < -0.4 is 0 Å². The Balaban J connectivity index is 5.32. The van der Waals surface area contributed by atoms with Crippen LogP contribution in [0.1, 0.15) is 65.7 Å². The summed E-state index contributed by atoms with van der Waals surface area (Å²) in [5, 5.41) is 40.5. The minimum atomic E-state index is -0.867. The minimum absolute atomic E-state index is 0.110. The van der Waals surface area contributed by atoms with Crippen molar-refractivity contribution in [1.82, 2.24) is 0 Å². The van der Waals surface area contributed by atoms with Crippen molar-refractivity contribution >= 4 is 5.97 Å². The summed E-state index contributed by atoms with van der Waals surface area (Å²) in [4.78, 5) is 11.7. The van der Waals surface area contributed by atoms with Crippen molar-refractivity contribution in [3.8, 4) is 0 Å². The van der Waals surface area contributed by atoms with E-state index in [9.17, 15) is 25.2 Å². The summed E-state index contributed by atoms with van der Waals surface area (Å²) in [6.45, 7) is 7.15. The SMILES string of the molecule is CC/C=C/CCC(O)C[N+](CCO)(CC(O)CC/C=C/CC)CC(CC)C(=O)O. The van der Waals surface area contributed by atoms with E-state index in [4.69, 9.17) is 0 Å². The van der Waals surface area contributed by atoms with Crippen LogP contribution in [0.3, 0.4) is 0 Å². The summed E-state index contributed by atoms with van der Waals surface area (Å²) < 4.78 is 0.221. The average Bonchev–Trinajstić information content (AvgIpc) is 2.66. The summed E-state index contributed by atoms with van der Waals surface area (Å²) in [6, 6.07) is 0. The van der Waals surface area contributed by atoms with Crippen molar-refractivity contribution in [3.63, 3.8) is 0 Å². The molecule has 0 heterocycles. The van der Waals surface area contributed by atoms with Crippen LogP contribution in [0.25, 0.3) is 0 Å². The molecular formula is C23H44NO5+. The molecule has 0 aliphatic carbocycles. The topological polar surface area (TPSA) is 98.0 Å². The molecule has 0 radical (unpaired) electrons. The number of nitrogens with zero attached hydrogens (tertiary/aromatic N) is 1. The number of rotatable bonds is 18. The number of aliphatic hydroxyl groups excluding tert-OH is 3. The lowest BCUT2D eigenvalue weighted by molar-refractivity contribution is -0.936. The Bertz CT molecular complexity index is 452. The molecule has 29 heavy (non-hydrogen) atoms. The molecule has 3 atom stereocenters. The summed E-state index contributed by atoms with van der Waals surface area (Å²) in [5.41, 5.74) is 0. The molecule has 170 valence electrons. The zero-order valence-electron chi connectivity index (χ0n) is 18.7. The summed E-state index contributed by atoms with van der Waals surface area (Å²) >= 11 is 0. The number of aliphatic carboxylic acids is 1. The van der Waals surface area contributed by atoms with Crippen molar-refractivity contribution in [3.05, 3.63) is 24.3 Å². The van der Waals surface area contributed by atoms with E-state index in [0.29, 0.717) is 45.4 Å². The number of aliphatic hydroxyl groups is 3. The van der Waals surface area contributed by atoms with Crippen LogP contribution in [0.2, 0.25) is 0 Å². The third-order valence-electron chi connectivity index (χ3n) is 5.36. The number of carboxylic acid groups (broad SMARTS) is 1. The molecule has 0 aliphatic rings. The smallest absolute Gasteiger partial charge is 0.312 e. The lowest BCUT2D eigenvalue weighted by atomic mass is 10.0. The van der Waals surface area contributed by atoms with Crippen LogP contribution in [0.5, 0.6) is 0 Å². The van der Waals surface area contributed by atoms with E-state index in [1.807, 2.05) is 19.1 Å². The Hall–Kier alpha value is -1.21. The predicted molar refractivity (Wildman–Crippen MR) is 118 cm³/mol. The zero-order chi connectivity index (χ0) is 22.1. The lowest BCUT2D eigenvalue weighted by Crippen LogP contribution is -2.59. The fraction of sp³-hybridized carbons (Fsp3) is 0.783. The molecule has 3 unspecified atom stereocenters. The quantitative estimate of drug-likeness (QED) is 0.204. The van der Waals surface area contributed by atoms with Gasteiger partial charge in [0.05, 0.1) is 13.2 Å². The maximum absolute atomic E-state index is 11.7. The van der Waals surface area contributed by atoms with Crippen LogP contribution in [-0.2, 0) is 4.79 Å². The zero-order valence-corrected chi connectivity index (χ0v) is 18.7. The second-order valence-electron chi connectivity index (χ2n) is 8.00. The fourth-order valence-corrected chi connectivity index (χ4v) is 3.78. The van der Waals surface area contributed by atoms with E-state index < -0.39 is 24.1 Å². The Kier molecular flexibility index (Phi) is 15.9. The third kappa shape index (κ3) is 12.9.